The molecule has 0 spiro atoms. The van der Waals surface area contributed by atoms with Gasteiger partial charge in [0.15, 0.2) is 0 Å². The number of esters is 1. The minimum absolute atomic E-state index is 0.0253. The molecule has 0 aromatic heterocycles. The number of hydrogen-bond donors (Lipinski definition) is 3. The summed E-state index contributed by atoms with van der Waals surface area (Å²) < 4.78 is 5.44. The number of allylic oxidation sites excluding steroid dienone is 1. The first-order valence-electron chi connectivity index (χ1n) is 26.0. The molecule has 0 saturated heterocycles. The van der Waals surface area contributed by atoms with Crippen LogP contribution in [0.1, 0.15) is 284 Å². The van der Waals surface area contributed by atoms with E-state index < -0.39 is 12.1 Å². The third-order valence-corrected chi connectivity index (χ3v) is 12.1. The number of hydrogen-bond acceptors (Lipinski definition) is 5. The average Bonchev–Trinajstić information content (AvgIpc) is 3.22. The molecule has 2 unspecified atom stereocenters. The summed E-state index contributed by atoms with van der Waals surface area (Å²) >= 11 is 0. The summed E-state index contributed by atoms with van der Waals surface area (Å²) in [6.07, 6.45) is 54.9. The number of amides is 1. The second kappa shape index (κ2) is 48.3. The van der Waals surface area contributed by atoms with E-state index in [0.717, 1.165) is 57.8 Å². The van der Waals surface area contributed by atoms with Crippen LogP contribution in [0.25, 0.3) is 0 Å². The Balaban J connectivity index is 3.52. The van der Waals surface area contributed by atoms with Crippen LogP contribution in [-0.4, -0.2) is 47.4 Å². The molecule has 0 aliphatic heterocycles. The summed E-state index contributed by atoms with van der Waals surface area (Å²) in [7, 11) is 0. The fraction of sp³-hybridized carbons (Fsp3) is 0.923. The average molecular weight is 820 g/mol. The topological polar surface area (TPSA) is 95.9 Å². The number of unbranched alkanes of at least 4 members (excludes halogenated alkanes) is 37. The maximum Gasteiger partial charge on any atom is 0.305 e. The minimum Gasteiger partial charge on any atom is -0.466 e. The van der Waals surface area contributed by atoms with Gasteiger partial charge in [-0.05, 0) is 32.1 Å². The Labute approximate surface area is 361 Å². The van der Waals surface area contributed by atoms with E-state index in [1.807, 2.05) is 6.08 Å². The third-order valence-electron chi connectivity index (χ3n) is 12.1. The molecule has 0 aromatic carbocycles. The summed E-state index contributed by atoms with van der Waals surface area (Å²) in [5, 5.41) is 23.1. The van der Waals surface area contributed by atoms with Crippen LogP contribution in [0.5, 0.6) is 0 Å². The van der Waals surface area contributed by atoms with E-state index in [1.54, 1.807) is 6.08 Å². The normalized spacial score (nSPS) is 12.7. The number of rotatable bonds is 48. The first-order chi connectivity index (χ1) is 28.5. The largest absolute Gasteiger partial charge is 0.466 e. The molecule has 6 nitrogen and oxygen atoms in total. The van der Waals surface area contributed by atoms with Crippen molar-refractivity contribution in [2.45, 2.75) is 296 Å². The van der Waals surface area contributed by atoms with E-state index in [-0.39, 0.29) is 18.5 Å². The molecule has 6 heteroatoms. The first kappa shape index (κ1) is 56.6. The van der Waals surface area contributed by atoms with Crippen LogP contribution in [0.15, 0.2) is 12.2 Å². The van der Waals surface area contributed by atoms with E-state index >= 15 is 0 Å². The van der Waals surface area contributed by atoms with Crippen LogP contribution in [0.4, 0.5) is 0 Å². The first-order valence-corrected chi connectivity index (χ1v) is 26.0. The molecular weight excluding hydrogens is 719 g/mol. The van der Waals surface area contributed by atoms with E-state index in [4.69, 9.17) is 4.74 Å². The molecule has 0 heterocycles. The van der Waals surface area contributed by atoms with Gasteiger partial charge in [-0.15, -0.1) is 0 Å². The zero-order valence-electron chi connectivity index (χ0n) is 39.0. The molecule has 0 saturated carbocycles. The third kappa shape index (κ3) is 44.2. The molecule has 2 atom stereocenters. The Morgan fingerprint density at radius 2 is 0.793 bits per heavy atom. The molecule has 0 rings (SSSR count). The fourth-order valence-electron chi connectivity index (χ4n) is 8.05. The Morgan fingerprint density at radius 3 is 1.17 bits per heavy atom. The van der Waals surface area contributed by atoms with Gasteiger partial charge >= 0.3 is 5.97 Å². The van der Waals surface area contributed by atoms with Gasteiger partial charge in [-0.2, -0.15) is 0 Å². The summed E-state index contributed by atoms with van der Waals surface area (Å²) in [5.41, 5.74) is 0. The van der Waals surface area contributed by atoms with Crippen molar-refractivity contribution in [2.24, 2.45) is 0 Å². The van der Waals surface area contributed by atoms with Crippen molar-refractivity contribution in [1.82, 2.24) is 5.32 Å². The number of aliphatic hydroxyl groups is 2. The second-order valence-electron chi connectivity index (χ2n) is 17.9. The highest BCUT2D eigenvalue weighted by atomic mass is 16.5. The van der Waals surface area contributed by atoms with E-state index in [0.29, 0.717) is 19.4 Å². The van der Waals surface area contributed by atoms with E-state index in [9.17, 15) is 19.8 Å². The van der Waals surface area contributed by atoms with Crippen molar-refractivity contribution >= 4 is 11.9 Å². The summed E-state index contributed by atoms with van der Waals surface area (Å²) in [6, 6.07) is -0.646. The van der Waals surface area contributed by atoms with E-state index in [1.165, 1.54) is 199 Å². The second-order valence-corrected chi connectivity index (χ2v) is 17.9. The van der Waals surface area contributed by atoms with E-state index in [2.05, 4.69) is 19.2 Å². The van der Waals surface area contributed by atoms with Crippen molar-refractivity contribution in [3.63, 3.8) is 0 Å². The van der Waals surface area contributed by atoms with Crippen molar-refractivity contribution in [3.8, 4) is 0 Å². The van der Waals surface area contributed by atoms with Gasteiger partial charge in [-0.3, -0.25) is 9.59 Å². The SMILES string of the molecule is CCCCCCCCCCCCCCCCCCC/C=C/C(O)C(CO)NC(=O)CCCCCCCCCCCOC(=O)CCCCCCCCCCCCCCC. The number of aliphatic hydroxyl groups excluding tert-OH is 2. The molecular formula is C52H101NO5. The van der Waals surface area contributed by atoms with Crippen molar-refractivity contribution in [1.29, 1.82) is 0 Å². The van der Waals surface area contributed by atoms with Gasteiger partial charge in [0.25, 0.3) is 0 Å². The number of nitrogens with one attached hydrogen (secondary N) is 1. The van der Waals surface area contributed by atoms with Gasteiger partial charge in [0.2, 0.25) is 5.91 Å². The molecule has 0 aliphatic rings. The van der Waals surface area contributed by atoms with Gasteiger partial charge in [0.1, 0.15) is 0 Å². The Bertz CT molecular complexity index is 863. The molecule has 344 valence electrons. The molecule has 0 bridgehead atoms. The molecule has 1 amide bonds. The lowest BCUT2D eigenvalue weighted by atomic mass is 10.0. The predicted molar refractivity (Wildman–Crippen MR) is 250 cm³/mol. The zero-order valence-corrected chi connectivity index (χ0v) is 39.0. The maximum atomic E-state index is 12.4. The van der Waals surface area contributed by atoms with Gasteiger partial charge < -0.3 is 20.3 Å². The quantitative estimate of drug-likeness (QED) is 0.0323. The number of carbonyl (C=O) groups is 2. The number of ether oxygens (including phenoxy) is 1. The highest BCUT2D eigenvalue weighted by Crippen LogP contribution is 2.16. The molecule has 0 radical (unpaired) electrons. The fourth-order valence-corrected chi connectivity index (χ4v) is 8.05. The predicted octanol–water partition coefficient (Wildman–Crippen LogP) is 15.3. The number of carbonyl (C=O) groups excluding carboxylic acids is 2. The van der Waals surface area contributed by atoms with Crippen LogP contribution in [0, 0.1) is 0 Å². The highest BCUT2D eigenvalue weighted by Gasteiger charge is 2.18. The van der Waals surface area contributed by atoms with Crippen LogP contribution in [0.2, 0.25) is 0 Å². The zero-order chi connectivity index (χ0) is 42.3. The molecule has 0 aliphatic carbocycles. The Hall–Kier alpha value is -1.40. The van der Waals surface area contributed by atoms with Crippen LogP contribution < -0.4 is 5.32 Å². The lowest BCUT2D eigenvalue weighted by molar-refractivity contribution is -0.143. The summed E-state index contributed by atoms with van der Waals surface area (Å²) in [6.45, 7) is 4.85. The molecule has 0 fully saturated rings. The van der Waals surface area contributed by atoms with Crippen LogP contribution >= 0.6 is 0 Å². The van der Waals surface area contributed by atoms with Crippen LogP contribution in [-0.2, 0) is 14.3 Å². The molecule has 3 N–H and O–H groups in total. The van der Waals surface area contributed by atoms with Gasteiger partial charge in [0, 0.05) is 12.8 Å². The monoisotopic (exact) mass is 820 g/mol. The van der Waals surface area contributed by atoms with Gasteiger partial charge in [-0.1, -0.05) is 251 Å². The molecule has 0 aromatic rings. The van der Waals surface area contributed by atoms with Crippen molar-refractivity contribution in [3.05, 3.63) is 12.2 Å². The lowest BCUT2D eigenvalue weighted by Crippen LogP contribution is -2.45. The highest BCUT2D eigenvalue weighted by molar-refractivity contribution is 5.76. The summed E-state index contributed by atoms with van der Waals surface area (Å²) in [5.74, 6) is -0.118. The van der Waals surface area contributed by atoms with Crippen molar-refractivity contribution in [2.75, 3.05) is 13.2 Å². The van der Waals surface area contributed by atoms with Crippen molar-refractivity contribution < 1.29 is 24.5 Å². The van der Waals surface area contributed by atoms with Gasteiger partial charge in [-0.25, -0.2) is 0 Å². The minimum atomic E-state index is -0.860. The Morgan fingerprint density at radius 1 is 0.466 bits per heavy atom. The molecule has 58 heavy (non-hydrogen) atoms. The maximum absolute atomic E-state index is 12.4. The summed E-state index contributed by atoms with van der Waals surface area (Å²) in [4.78, 5) is 24.5. The Kier molecular flexibility index (Phi) is 47.1. The lowest BCUT2D eigenvalue weighted by Gasteiger charge is -2.20. The van der Waals surface area contributed by atoms with Crippen LogP contribution in [0.3, 0.4) is 0 Å². The standard InChI is InChI=1S/C52H101NO5/c1-3-5-7-9-11-13-15-17-18-19-20-21-22-24-25-28-32-36-40-44-50(55)49(48-54)53-51(56)45-41-37-33-29-27-31-35-39-43-47-58-52(57)46-42-38-34-30-26-23-16-14-12-10-8-6-4-2/h40,44,49-50,54-55H,3-39,41-43,45-48H2,1-2H3,(H,53,56)/b44-40+. The van der Waals surface area contributed by atoms with Gasteiger partial charge in [0.05, 0.1) is 25.4 Å². The smallest absolute Gasteiger partial charge is 0.305 e.